The molecule has 1 atom stereocenters. The molecule has 2 N–H and O–H groups in total. The predicted molar refractivity (Wildman–Crippen MR) is 66.8 cm³/mol. The SMILES string of the molecule is COC(=O)C(O)CNC(=O)c1ccc(Cl)cc1Cl. The standard InChI is InChI=1S/C11H11Cl2NO4/c1-18-11(17)9(15)5-14-10(16)7-3-2-6(12)4-8(7)13/h2-4,9,15H,5H2,1H3,(H,14,16). The normalized spacial score (nSPS) is 11.8. The summed E-state index contributed by atoms with van der Waals surface area (Å²) in [5.74, 6) is -1.34. The van der Waals surface area contributed by atoms with Crippen LogP contribution >= 0.6 is 23.2 Å². The fourth-order valence-corrected chi connectivity index (χ4v) is 1.67. The molecule has 1 rings (SSSR count). The molecule has 0 heterocycles. The summed E-state index contributed by atoms with van der Waals surface area (Å²) in [5.41, 5.74) is 0.207. The van der Waals surface area contributed by atoms with Crippen LogP contribution in [0.4, 0.5) is 0 Å². The summed E-state index contributed by atoms with van der Waals surface area (Å²) >= 11 is 11.5. The van der Waals surface area contributed by atoms with E-state index in [4.69, 9.17) is 23.2 Å². The van der Waals surface area contributed by atoms with Gasteiger partial charge >= 0.3 is 5.97 Å². The van der Waals surface area contributed by atoms with E-state index in [1.165, 1.54) is 18.2 Å². The van der Waals surface area contributed by atoms with E-state index in [2.05, 4.69) is 10.1 Å². The fourth-order valence-electron chi connectivity index (χ4n) is 1.18. The van der Waals surface area contributed by atoms with Gasteiger partial charge < -0.3 is 15.2 Å². The maximum Gasteiger partial charge on any atom is 0.336 e. The Morgan fingerprint density at radius 2 is 2.11 bits per heavy atom. The number of rotatable bonds is 4. The van der Waals surface area contributed by atoms with Gasteiger partial charge in [-0.05, 0) is 18.2 Å². The monoisotopic (exact) mass is 291 g/mol. The van der Waals surface area contributed by atoms with Crippen molar-refractivity contribution in [1.29, 1.82) is 0 Å². The lowest BCUT2D eigenvalue weighted by molar-refractivity contribution is -0.149. The molecule has 1 amide bonds. The Morgan fingerprint density at radius 3 is 2.67 bits per heavy atom. The average Bonchev–Trinajstić information content (AvgIpc) is 2.34. The summed E-state index contributed by atoms with van der Waals surface area (Å²) in [7, 11) is 1.14. The third kappa shape index (κ3) is 3.87. The number of ether oxygens (including phenoxy) is 1. The number of aliphatic hydroxyl groups is 1. The number of benzene rings is 1. The van der Waals surface area contributed by atoms with Crippen molar-refractivity contribution in [1.82, 2.24) is 5.32 Å². The molecule has 18 heavy (non-hydrogen) atoms. The molecule has 5 nitrogen and oxygen atoms in total. The van der Waals surface area contributed by atoms with E-state index in [0.717, 1.165) is 7.11 Å². The van der Waals surface area contributed by atoms with Gasteiger partial charge in [-0.1, -0.05) is 23.2 Å². The number of carbonyl (C=O) groups excluding carboxylic acids is 2. The van der Waals surface area contributed by atoms with Gasteiger partial charge in [-0.2, -0.15) is 0 Å². The molecule has 98 valence electrons. The average molecular weight is 292 g/mol. The lowest BCUT2D eigenvalue weighted by Crippen LogP contribution is -2.37. The third-order valence-corrected chi connectivity index (χ3v) is 2.65. The zero-order valence-electron chi connectivity index (χ0n) is 9.44. The Labute approximate surface area is 114 Å². The van der Waals surface area contributed by atoms with E-state index in [1.807, 2.05) is 0 Å². The van der Waals surface area contributed by atoms with Crippen molar-refractivity contribution in [3.05, 3.63) is 33.8 Å². The van der Waals surface area contributed by atoms with Crippen LogP contribution in [0.1, 0.15) is 10.4 Å². The van der Waals surface area contributed by atoms with Crippen LogP contribution in [0.25, 0.3) is 0 Å². The van der Waals surface area contributed by atoms with Crippen molar-refractivity contribution < 1.29 is 19.4 Å². The number of nitrogens with one attached hydrogen (secondary N) is 1. The van der Waals surface area contributed by atoms with Crippen LogP contribution in [0, 0.1) is 0 Å². The van der Waals surface area contributed by atoms with Gasteiger partial charge in [-0.25, -0.2) is 4.79 Å². The molecule has 0 aromatic heterocycles. The van der Waals surface area contributed by atoms with Crippen molar-refractivity contribution in [3.8, 4) is 0 Å². The van der Waals surface area contributed by atoms with Gasteiger partial charge in [0.2, 0.25) is 0 Å². The molecule has 1 aromatic rings. The highest BCUT2D eigenvalue weighted by atomic mass is 35.5. The molecule has 7 heteroatoms. The fraction of sp³-hybridized carbons (Fsp3) is 0.273. The minimum Gasteiger partial charge on any atom is -0.467 e. The van der Waals surface area contributed by atoms with Crippen molar-refractivity contribution in [3.63, 3.8) is 0 Å². The Morgan fingerprint density at radius 1 is 1.44 bits per heavy atom. The largest absolute Gasteiger partial charge is 0.467 e. The van der Waals surface area contributed by atoms with Crippen LogP contribution in [-0.4, -0.2) is 36.7 Å². The minimum atomic E-state index is -1.41. The highest BCUT2D eigenvalue weighted by Gasteiger charge is 2.17. The molecule has 0 saturated heterocycles. The van der Waals surface area contributed by atoms with E-state index in [9.17, 15) is 14.7 Å². The number of methoxy groups -OCH3 is 1. The first-order chi connectivity index (χ1) is 8.45. The first kappa shape index (κ1) is 14.8. The van der Waals surface area contributed by atoms with E-state index >= 15 is 0 Å². The van der Waals surface area contributed by atoms with Crippen LogP contribution < -0.4 is 5.32 Å². The van der Waals surface area contributed by atoms with Crippen molar-refractivity contribution in [2.75, 3.05) is 13.7 Å². The summed E-state index contributed by atoms with van der Waals surface area (Å²) in [6, 6.07) is 4.39. The quantitative estimate of drug-likeness (QED) is 0.819. The van der Waals surface area contributed by atoms with Crippen LogP contribution in [0.3, 0.4) is 0 Å². The number of amides is 1. The second-order valence-corrected chi connectivity index (χ2v) is 4.22. The number of aliphatic hydroxyl groups excluding tert-OH is 1. The molecular weight excluding hydrogens is 281 g/mol. The highest BCUT2D eigenvalue weighted by molar-refractivity contribution is 6.36. The Balaban J connectivity index is 2.63. The zero-order chi connectivity index (χ0) is 13.7. The van der Waals surface area contributed by atoms with Crippen LogP contribution in [0.15, 0.2) is 18.2 Å². The van der Waals surface area contributed by atoms with Crippen LogP contribution in [0.5, 0.6) is 0 Å². The zero-order valence-corrected chi connectivity index (χ0v) is 11.0. The molecule has 0 aliphatic carbocycles. The van der Waals surface area contributed by atoms with Crippen molar-refractivity contribution >= 4 is 35.1 Å². The second kappa shape index (κ2) is 6.58. The topological polar surface area (TPSA) is 75.6 Å². The maximum atomic E-state index is 11.7. The lowest BCUT2D eigenvalue weighted by Gasteiger charge is -2.10. The Hall–Kier alpha value is -1.30. The molecule has 0 spiro atoms. The number of halogens is 2. The van der Waals surface area contributed by atoms with Gasteiger partial charge in [0.1, 0.15) is 0 Å². The minimum absolute atomic E-state index is 0.188. The highest BCUT2D eigenvalue weighted by Crippen LogP contribution is 2.20. The summed E-state index contributed by atoms with van der Waals surface area (Å²) in [5, 5.41) is 12.2. The van der Waals surface area contributed by atoms with Gasteiger partial charge in [0, 0.05) is 5.02 Å². The molecule has 0 aliphatic rings. The molecule has 0 fully saturated rings. The number of carbonyl (C=O) groups is 2. The smallest absolute Gasteiger partial charge is 0.336 e. The summed E-state index contributed by atoms with van der Waals surface area (Å²) in [6.07, 6.45) is -1.41. The first-order valence-electron chi connectivity index (χ1n) is 4.95. The molecular formula is C11H11Cl2NO4. The molecule has 0 bridgehead atoms. The molecule has 0 radical (unpaired) electrons. The van der Waals surface area contributed by atoms with Gasteiger partial charge in [0.15, 0.2) is 6.10 Å². The predicted octanol–water partition coefficient (Wildman–Crippen LogP) is 1.26. The molecule has 0 saturated carbocycles. The van der Waals surface area contributed by atoms with Crippen molar-refractivity contribution in [2.24, 2.45) is 0 Å². The van der Waals surface area contributed by atoms with E-state index in [1.54, 1.807) is 0 Å². The summed E-state index contributed by atoms with van der Waals surface area (Å²) in [6.45, 7) is -0.259. The van der Waals surface area contributed by atoms with Crippen LogP contribution in [-0.2, 0) is 9.53 Å². The number of esters is 1. The van der Waals surface area contributed by atoms with Gasteiger partial charge in [-0.3, -0.25) is 4.79 Å². The van der Waals surface area contributed by atoms with Crippen molar-refractivity contribution in [2.45, 2.75) is 6.10 Å². The lowest BCUT2D eigenvalue weighted by atomic mass is 10.2. The van der Waals surface area contributed by atoms with E-state index in [0.29, 0.717) is 5.02 Å². The van der Waals surface area contributed by atoms with Gasteiger partial charge in [0.25, 0.3) is 5.91 Å². The van der Waals surface area contributed by atoms with Gasteiger partial charge in [0.05, 0.1) is 24.2 Å². The number of hydrogen-bond acceptors (Lipinski definition) is 4. The molecule has 1 aromatic carbocycles. The number of hydrogen-bond donors (Lipinski definition) is 2. The summed E-state index contributed by atoms with van der Waals surface area (Å²) < 4.78 is 4.31. The maximum absolute atomic E-state index is 11.7. The third-order valence-electron chi connectivity index (χ3n) is 2.10. The second-order valence-electron chi connectivity index (χ2n) is 3.37. The van der Waals surface area contributed by atoms with Gasteiger partial charge in [-0.15, -0.1) is 0 Å². The van der Waals surface area contributed by atoms with E-state index < -0.39 is 18.0 Å². The Kier molecular flexibility index (Phi) is 5.40. The first-order valence-corrected chi connectivity index (χ1v) is 5.70. The summed E-state index contributed by atoms with van der Waals surface area (Å²) in [4.78, 5) is 22.6. The van der Waals surface area contributed by atoms with Crippen LogP contribution in [0.2, 0.25) is 10.0 Å². The molecule has 1 unspecified atom stereocenters. The molecule has 0 aliphatic heterocycles. The Bertz CT molecular complexity index is 464. The van der Waals surface area contributed by atoms with E-state index in [-0.39, 0.29) is 17.1 Å².